The predicted octanol–water partition coefficient (Wildman–Crippen LogP) is 5.39. The van der Waals surface area contributed by atoms with Crippen LogP contribution in [-0.4, -0.2) is 18.0 Å². The van der Waals surface area contributed by atoms with E-state index in [9.17, 15) is 0 Å². The molecule has 0 amide bonds. The lowest BCUT2D eigenvalue weighted by atomic mass is 9.91. The zero-order chi connectivity index (χ0) is 16.1. The van der Waals surface area contributed by atoms with Gasteiger partial charge >= 0.3 is 0 Å². The molecule has 0 aliphatic rings. The molecule has 22 heavy (non-hydrogen) atoms. The maximum atomic E-state index is 2.39. The van der Waals surface area contributed by atoms with Crippen molar-refractivity contribution in [3.05, 3.63) is 59.7 Å². The summed E-state index contributed by atoms with van der Waals surface area (Å²) in [7, 11) is 2.20. The standard InChI is InChI=1S/C21H29N/c1-16(2)14-18-10-6-8-12-20(18)21-13-9-7-11-19(21)15-22(5)17(3)4/h6-13,16-17H,14-15H2,1-5H3. The van der Waals surface area contributed by atoms with Crippen LogP contribution in [-0.2, 0) is 13.0 Å². The highest BCUT2D eigenvalue weighted by Gasteiger charge is 2.12. The van der Waals surface area contributed by atoms with Crippen LogP contribution >= 0.6 is 0 Å². The van der Waals surface area contributed by atoms with Gasteiger partial charge in [0.05, 0.1) is 0 Å². The van der Waals surface area contributed by atoms with Crippen molar-refractivity contribution in [1.29, 1.82) is 0 Å². The van der Waals surface area contributed by atoms with Crippen molar-refractivity contribution in [2.75, 3.05) is 7.05 Å². The van der Waals surface area contributed by atoms with Gasteiger partial charge in [0.25, 0.3) is 0 Å². The minimum atomic E-state index is 0.555. The van der Waals surface area contributed by atoms with Gasteiger partial charge in [-0.1, -0.05) is 62.4 Å². The number of nitrogens with zero attached hydrogens (tertiary/aromatic N) is 1. The molecule has 2 aromatic rings. The Labute approximate surface area is 136 Å². The Balaban J connectivity index is 2.41. The maximum absolute atomic E-state index is 2.39. The number of hydrogen-bond acceptors (Lipinski definition) is 1. The third-order valence-corrected chi connectivity index (χ3v) is 4.25. The van der Waals surface area contributed by atoms with E-state index in [1.807, 2.05) is 0 Å². The Hall–Kier alpha value is -1.60. The van der Waals surface area contributed by atoms with Crippen molar-refractivity contribution in [3.63, 3.8) is 0 Å². The van der Waals surface area contributed by atoms with Gasteiger partial charge in [0.1, 0.15) is 0 Å². The van der Waals surface area contributed by atoms with Crippen LogP contribution in [0, 0.1) is 5.92 Å². The Morgan fingerprint density at radius 3 is 1.82 bits per heavy atom. The minimum absolute atomic E-state index is 0.555. The van der Waals surface area contributed by atoms with E-state index in [-0.39, 0.29) is 0 Å². The summed E-state index contributed by atoms with van der Waals surface area (Å²) in [5, 5.41) is 0. The zero-order valence-electron chi connectivity index (χ0n) is 14.6. The first-order valence-electron chi connectivity index (χ1n) is 8.35. The normalized spacial score (nSPS) is 11.6. The van der Waals surface area contributed by atoms with Crippen LogP contribution in [0.4, 0.5) is 0 Å². The molecule has 0 radical (unpaired) electrons. The molecule has 0 bridgehead atoms. The molecule has 118 valence electrons. The van der Waals surface area contributed by atoms with Crippen LogP contribution in [0.25, 0.3) is 11.1 Å². The summed E-state index contributed by atoms with van der Waals surface area (Å²) in [6.45, 7) is 10.1. The molecular weight excluding hydrogens is 266 g/mol. The minimum Gasteiger partial charge on any atom is -0.300 e. The molecule has 0 saturated carbocycles. The van der Waals surface area contributed by atoms with Crippen LogP contribution in [0.2, 0.25) is 0 Å². The monoisotopic (exact) mass is 295 g/mol. The summed E-state index contributed by atoms with van der Waals surface area (Å²) in [5.74, 6) is 0.673. The highest BCUT2D eigenvalue weighted by molar-refractivity contribution is 5.70. The average Bonchev–Trinajstić information content (AvgIpc) is 2.48. The predicted molar refractivity (Wildman–Crippen MR) is 97.0 cm³/mol. The summed E-state index contributed by atoms with van der Waals surface area (Å²) in [6.07, 6.45) is 1.13. The second kappa shape index (κ2) is 7.60. The quantitative estimate of drug-likeness (QED) is 0.690. The molecule has 1 heteroatoms. The lowest BCUT2D eigenvalue weighted by Crippen LogP contribution is -2.25. The van der Waals surface area contributed by atoms with Crippen LogP contribution in [0.15, 0.2) is 48.5 Å². The van der Waals surface area contributed by atoms with Crippen molar-refractivity contribution in [1.82, 2.24) is 4.90 Å². The smallest absolute Gasteiger partial charge is 0.0239 e. The highest BCUT2D eigenvalue weighted by atomic mass is 15.1. The van der Waals surface area contributed by atoms with Crippen LogP contribution in [0.3, 0.4) is 0 Å². The van der Waals surface area contributed by atoms with E-state index >= 15 is 0 Å². The molecule has 2 rings (SSSR count). The van der Waals surface area contributed by atoms with Crippen molar-refractivity contribution in [3.8, 4) is 11.1 Å². The van der Waals surface area contributed by atoms with Gasteiger partial charge in [0, 0.05) is 12.6 Å². The van der Waals surface area contributed by atoms with E-state index in [1.165, 1.54) is 22.3 Å². The zero-order valence-corrected chi connectivity index (χ0v) is 14.6. The molecule has 0 unspecified atom stereocenters. The first kappa shape index (κ1) is 16.8. The van der Waals surface area contributed by atoms with E-state index in [0.717, 1.165) is 13.0 Å². The summed E-state index contributed by atoms with van der Waals surface area (Å²) in [5.41, 5.74) is 5.64. The fraction of sp³-hybridized carbons (Fsp3) is 0.429. The van der Waals surface area contributed by atoms with E-state index in [4.69, 9.17) is 0 Å². The molecule has 0 aliphatic heterocycles. The molecule has 0 saturated heterocycles. The second-order valence-electron chi connectivity index (χ2n) is 6.92. The number of hydrogen-bond donors (Lipinski definition) is 0. The van der Waals surface area contributed by atoms with Gasteiger partial charge in [0.15, 0.2) is 0 Å². The van der Waals surface area contributed by atoms with Crippen LogP contribution in [0.1, 0.15) is 38.8 Å². The molecule has 0 atom stereocenters. The van der Waals surface area contributed by atoms with Gasteiger partial charge in [-0.05, 0) is 55.5 Å². The molecule has 0 aliphatic carbocycles. The van der Waals surface area contributed by atoms with Gasteiger partial charge < -0.3 is 0 Å². The topological polar surface area (TPSA) is 3.24 Å². The van der Waals surface area contributed by atoms with Crippen molar-refractivity contribution in [2.24, 2.45) is 5.92 Å². The van der Waals surface area contributed by atoms with E-state index in [2.05, 4.69) is 88.2 Å². The van der Waals surface area contributed by atoms with E-state index in [0.29, 0.717) is 12.0 Å². The van der Waals surface area contributed by atoms with Gasteiger partial charge in [-0.15, -0.1) is 0 Å². The third-order valence-electron chi connectivity index (χ3n) is 4.25. The SMILES string of the molecule is CC(C)Cc1ccccc1-c1ccccc1CN(C)C(C)C. The van der Waals surface area contributed by atoms with Crippen LogP contribution < -0.4 is 0 Å². The molecular formula is C21H29N. The summed E-state index contributed by atoms with van der Waals surface area (Å²) in [6, 6.07) is 18.2. The van der Waals surface area contributed by atoms with Gasteiger partial charge in [-0.3, -0.25) is 4.90 Å². The fourth-order valence-corrected chi connectivity index (χ4v) is 2.77. The average molecular weight is 295 g/mol. The summed E-state index contributed by atoms with van der Waals surface area (Å²) >= 11 is 0. The summed E-state index contributed by atoms with van der Waals surface area (Å²) in [4.78, 5) is 2.39. The summed E-state index contributed by atoms with van der Waals surface area (Å²) < 4.78 is 0. The molecule has 0 heterocycles. The van der Waals surface area contributed by atoms with Crippen LogP contribution in [0.5, 0.6) is 0 Å². The van der Waals surface area contributed by atoms with Gasteiger partial charge in [-0.25, -0.2) is 0 Å². The van der Waals surface area contributed by atoms with E-state index in [1.54, 1.807) is 0 Å². The van der Waals surface area contributed by atoms with Crippen molar-refractivity contribution in [2.45, 2.75) is 46.7 Å². The number of benzene rings is 2. The third kappa shape index (κ3) is 4.20. The van der Waals surface area contributed by atoms with Gasteiger partial charge in [0.2, 0.25) is 0 Å². The molecule has 1 nitrogen and oxygen atoms in total. The molecule has 0 aromatic heterocycles. The molecule has 0 spiro atoms. The lowest BCUT2D eigenvalue weighted by molar-refractivity contribution is 0.266. The fourth-order valence-electron chi connectivity index (χ4n) is 2.77. The second-order valence-corrected chi connectivity index (χ2v) is 6.92. The van der Waals surface area contributed by atoms with Crippen molar-refractivity contribution >= 4 is 0 Å². The van der Waals surface area contributed by atoms with Crippen molar-refractivity contribution < 1.29 is 0 Å². The highest BCUT2D eigenvalue weighted by Crippen LogP contribution is 2.29. The molecule has 2 aromatic carbocycles. The van der Waals surface area contributed by atoms with Gasteiger partial charge in [-0.2, -0.15) is 0 Å². The Morgan fingerprint density at radius 1 is 0.773 bits per heavy atom. The lowest BCUT2D eigenvalue weighted by Gasteiger charge is -2.23. The molecule has 0 N–H and O–H groups in total. The molecule has 0 fully saturated rings. The first-order chi connectivity index (χ1) is 10.5. The first-order valence-corrected chi connectivity index (χ1v) is 8.35. The Morgan fingerprint density at radius 2 is 1.27 bits per heavy atom. The number of rotatable bonds is 6. The largest absolute Gasteiger partial charge is 0.300 e. The maximum Gasteiger partial charge on any atom is 0.0239 e. The Kier molecular flexibility index (Phi) is 5.79. The van der Waals surface area contributed by atoms with E-state index < -0.39 is 0 Å². The Bertz CT molecular complexity index is 598.